The lowest BCUT2D eigenvalue weighted by molar-refractivity contribution is -0.123. The van der Waals surface area contributed by atoms with E-state index >= 15 is 0 Å². The van der Waals surface area contributed by atoms with Crippen molar-refractivity contribution in [3.8, 4) is 0 Å². The normalized spacial score (nSPS) is 19.4. The molecule has 2 heterocycles. The van der Waals surface area contributed by atoms with Crippen LogP contribution in [0.25, 0.3) is 0 Å². The van der Waals surface area contributed by atoms with E-state index in [1.54, 1.807) is 18.0 Å². The van der Waals surface area contributed by atoms with Crippen LogP contribution in [0.4, 0.5) is 0 Å². The van der Waals surface area contributed by atoms with Crippen LogP contribution in [0.2, 0.25) is 0 Å². The maximum absolute atomic E-state index is 12.4. The SMILES string of the molecule is Cn1ccnc1C(NC(=O)C1CSCN1)c1ccccc1. The van der Waals surface area contributed by atoms with Crippen molar-refractivity contribution in [1.82, 2.24) is 20.2 Å². The first-order valence-corrected chi connectivity index (χ1v) is 8.05. The number of rotatable bonds is 4. The van der Waals surface area contributed by atoms with E-state index in [0.29, 0.717) is 0 Å². The van der Waals surface area contributed by atoms with Crippen molar-refractivity contribution >= 4 is 17.7 Å². The van der Waals surface area contributed by atoms with Gasteiger partial charge in [-0.2, -0.15) is 0 Å². The molecule has 2 aromatic rings. The lowest BCUT2D eigenvalue weighted by atomic mass is 10.1. The fraction of sp³-hybridized carbons (Fsp3) is 0.333. The Morgan fingerprint density at radius 3 is 2.90 bits per heavy atom. The number of hydrogen-bond donors (Lipinski definition) is 2. The number of nitrogens with one attached hydrogen (secondary N) is 2. The first-order chi connectivity index (χ1) is 10.3. The summed E-state index contributed by atoms with van der Waals surface area (Å²) in [7, 11) is 1.94. The summed E-state index contributed by atoms with van der Waals surface area (Å²) in [6, 6.07) is 9.58. The number of hydrogen-bond acceptors (Lipinski definition) is 4. The smallest absolute Gasteiger partial charge is 0.238 e. The number of amides is 1. The minimum absolute atomic E-state index is 0.0249. The molecular formula is C15H18N4OS. The molecule has 1 aromatic heterocycles. The molecular weight excluding hydrogens is 284 g/mol. The van der Waals surface area contributed by atoms with E-state index in [4.69, 9.17) is 0 Å². The summed E-state index contributed by atoms with van der Waals surface area (Å²) in [5.74, 6) is 2.50. The third kappa shape index (κ3) is 3.11. The number of aromatic nitrogens is 2. The maximum Gasteiger partial charge on any atom is 0.238 e. The Balaban J connectivity index is 1.86. The van der Waals surface area contributed by atoms with Crippen molar-refractivity contribution in [3.05, 3.63) is 54.1 Å². The minimum atomic E-state index is -0.230. The van der Waals surface area contributed by atoms with Crippen LogP contribution in [0.5, 0.6) is 0 Å². The highest BCUT2D eigenvalue weighted by Gasteiger charge is 2.27. The summed E-state index contributed by atoms with van der Waals surface area (Å²) < 4.78 is 1.94. The van der Waals surface area contributed by atoms with Gasteiger partial charge in [0.25, 0.3) is 0 Å². The van der Waals surface area contributed by atoms with Crippen LogP contribution in [0.1, 0.15) is 17.4 Å². The second-order valence-electron chi connectivity index (χ2n) is 5.02. The van der Waals surface area contributed by atoms with Crippen molar-refractivity contribution in [2.45, 2.75) is 12.1 Å². The van der Waals surface area contributed by atoms with E-state index in [-0.39, 0.29) is 18.0 Å². The van der Waals surface area contributed by atoms with Gasteiger partial charge in [-0.05, 0) is 5.56 Å². The van der Waals surface area contributed by atoms with Gasteiger partial charge in [0.15, 0.2) is 0 Å². The van der Waals surface area contributed by atoms with Gasteiger partial charge in [0, 0.05) is 31.1 Å². The van der Waals surface area contributed by atoms with Gasteiger partial charge in [0.1, 0.15) is 11.9 Å². The van der Waals surface area contributed by atoms with E-state index in [0.717, 1.165) is 23.0 Å². The number of carbonyl (C=O) groups excluding carboxylic acids is 1. The van der Waals surface area contributed by atoms with E-state index in [9.17, 15) is 4.79 Å². The quantitative estimate of drug-likeness (QED) is 0.893. The Bertz CT molecular complexity index is 607. The van der Waals surface area contributed by atoms with Crippen molar-refractivity contribution in [1.29, 1.82) is 0 Å². The number of carbonyl (C=O) groups is 1. The predicted octanol–water partition coefficient (Wildman–Crippen LogP) is 1.29. The molecule has 5 nitrogen and oxygen atoms in total. The molecule has 6 heteroatoms. The van der Waals surface area contributed by atoms with Crippen molar-refractivity contribution < 1.29 is 4.79 Å². The van der Waals surface area contributed by atoms with Crippen LogP contribution in [0.3, 0.4) is 0 Å². The van der Waals surface area contributed by atoms with E-state index in [2.05, 4.69) is 15.6 Å². The summed E-state index contributed by atoms with van der Waals surface area (Å²) >= 11 is 1.74. The van der Waals surface area contributed by atoms with Gasteiger partial charge < -0.3 is 9.88 Å². The summed E-state index contributed by atoms with van der Waals surface area (Å²) in [4.78, 5) is 16.8. The molecule has 1 fully saturated rings. The molecule has 0 bridgehead atoms. The van der Waals surface area contributed by atoms with E-state index in [1.165, 1.54) is 0 Å². The number of thioether (sulfide) groups is 1. The summed E-state index contributed by atoms with van der Waals surface area (Å²) in [6.07, 6.45) is 3.64. The van der Waals surface area contributed by atoms with E-state index in [1.807, 2.05) is 48.1 Å². The highest BCUT2D eigenvalue weighted by Crippen LogP contribution is 2.21. The largest absolute Gasteiger partial charge is 0.341 e. The molecule has 110 valence electrons. The van der Waals surface area contributed by atoms with Crippen LogP contribution in [-0.2, 0) is 11.8 Å². The highest BCUT2D eigenvalue weighted by atomic mass is 32.2. The Labute approximate surface area is 128 Å². The molecule has 1 aliphatic heterocycles. The van der Waals surface area contributed by atoms with Crippen LogP contribution in [0.15, 0.2) is 42.7 Å². The molecule has 1 amide bonds. The Morgan fingerprint density at radius 2 is 2.29 bits per heavy atom. The molecule has 0 saturated carbocycles. The van der Waals surface area contributed by atoms with Gasteiger partial charge in [0.05, 0.1) is 6.04 Å². The monoisotopic (exact) mass is 302 g/mol. The molecule has 0 radical (unpaired) electrons. The third-order valence-corrected chi connectivity index (χ3v) is 4.51. The number of imidazole rings is 1. The van der Waals surface area contributed by atoms with Crippen molar-refractivity contribution in [2.75, 3.05) is 11.6 Å². The average Bonchev–Trinajstić information content (AvgIpc) is 3.17. The summed E-state index contributed by atoms with van der Waals surface area (Å²) in [5.41, 5.74) is 1.03. The second-order valence-corrected chi connectivity index (χ2v) is 6.05. The molecule has 1 saturated heterocycles. The van der Waals surface area contributed by atoms with Gasteiger partial charge in [-0.3, -0.25) is 10.1 Å². The van der Waals surface area contributed by atoms with E-state index < -0.39 is 0 Å². The summed E-state index contributed by atoms with van der Waals surface area (Å²) in [6.45, 7) is 0. The average molecular weight is 302 g/mol. The zero-order chi connectivity index (χ0) is 14.7. The fourth-order valence-corrected chi connectivity index (χ4v) is 3.35. The second kappa shape index (κ2) is 6.32. The summed E-state index contributed by atoms with van der Waals surface area (Å²) in [5, 5.41) is 6.32. The molecule has 21 heavy (non-hydrogen) atoms. The maximum atomic E-state index is 12.4. The molecule has 3 rings (SSSR count). The van der Waals surface area contributed by atoms with Gasteiger partial charge in [-0.1, -0.05) is 30.3 Å². The van der Waals surface area contributed by atoms with Crippen LogP contribution in [0, 0.1) is 0 Å². The molecule has 0 aliphatic carbocycles. The molecule has 1 aromatic carbocycles. The Hall–Kier alpha value is -1.79. The standard InChI is InChI=1S/C15H18N4OS/c1-19-8-7-16-14(19)13(11-5-3-2-4-6-11)18-15(20)12-9-21-10-17-12/h2-8,12-13,17H,9-10H2,1H3,(H,18,20). The van der Waals surface area contributed by atoms with Gasteiger partial charge in [-0.15, -0.1) is 11.8 Å². The molecule has 2 atom stereocenters. The first kappa shape index (κ1) is 14.2. The van der Waals surface area contributed by atoms with Crippen LogP contribution < -0.4 is 10.6 Å². The number of aryl methyl sites for hydroxylation is 1. The van der Waals surface area contributed by atoms with Crippen molar-refractivity contribution in [2.24, 2.45) is 7.05 Å². The zero-order valence-electron chi connectivity index (χ0n) is 11.8. The lowest BCUT2D eigenvalue weighted by Crippen LogP contribution is -2.44. The van der Waals surface area contributed by atoms with Gasteiger partial charge in [0.2, 0.25) is 5.91 Å². The third-order valence-electron chi connectivity index (χ3n) is 3.57. The highest BCUT2D eigenvalue weighted by molar-refractivity contribution is 7.99. The Kier molecular flexibility index (Phi) is 4.26. The number of nitrogens with zero attached hydrogens (tertiary/aromatic N) is 2. The predicted molar refractivity (Wildman–Crippen MR) is 83.9 cm³/mol. The zero-order valence-corrected chi connectivity index (χ0v) is 12.6. The van der Waals surface area contributed by atoms with Crippen LogP contribution >= 0.6 is 11.8 Å². The van der Waals surface area contributed by atoms with Crippen LogP contribution in [-0.4, -0.2) is 33.1 Å². The van der Waals surface area contributed by atoms with Crippen molar-refractivity contribution in [3.63, 3.8) is 0 Å². The molecule has 2 N–H and O–H groups in total. The van der Waals surface area contributed by atoms with Gasteiger partial charge >= 0.3 is 0 Å². The first-order valence-electron chi connectivity index (χ1n) is 6.89. The molecule has 1 aliphatic rings. The topological polar surface area (TPSA) is 59.0 Å². The number of benzene rings is 1. The molecule has 0 spiro atoms. The lowest BCUT2D eigenvalue weighted by Gasteiger charge is -2.21. The Morgan fingerprint density at radius 1 is 1.48 bits per heavy atom. The van der Waals surface area contributed by atoms with Gasteiger partial charge in [-0.25, -0.2) is 4.98 Å². The minimum Gasteiger partial charge on any atom is -0.341 e. The molecule has 2 unspecified atom stereocenters. The fourth-order valence-electron chi connectivity index (χ4n) is 2.40.